The van der Waals surface area contributed by atoms with E-state index in [0.29, 0.717) is 27.6 Å². The lowest BCUT2D eigenvalue weighted by atomic mass is 10.0. The first-order chi connectivity index (χ1) is 20.2. The van der Waals surface area contributed by atoms with Gasteiger partial charge in [0.2, 0.25) is 4.90 Å². The summed E-state index contributed by atoms with van der Waals surface area (Å²) in [6, 6.07) is 22.8. The van der Waals surface area contributed by atoms with Crippen molar-refractivity contribution in [3.63, 3.8) is 0 Å². The van der Waals surface area contributed by atoms with Crippen LogP contribution in [0.5, 0.6) is 5.75 Å². The molecule has 0 aromatic heterocycles. The Hall–Kier alpha value is -4.61. The van der Waals surface area contributed by atoms with Crippen molar-refractivity contribution in [2.75, 3.05) is 44.3 Å². The minimum absolute atomic E-state index is 0.113. The summed E-state index contributed by atoms with van der Waals surface area (Å²) >= 11 is -1.70. The van der Waals surface area contributed by atoms with E-state index in [9.17, 15) is 22.9 Å². The molecule has 0 bridgehead atoms. The summed E-state index contributed by atoms with van der Waals surface area (Å²) in [7, 11) is 4.87. The molecule has 4 aromatic carbocycles. The lowest BCUT2D eigenvalue weighted by molar-refractivity contribution is 0.0827. The van der Waals surface area contributed by atoms with Crippen molar-refractivity contribution in [3.05, 3.63) is 108 Å². The molecule has 0 saturated heterocycles. The number of hydrogen-bond acceptors (Lipinski definition) is 6. The van der Waals surface area contributed by atoms with Gasteiger partial charge in [-0.2, -0.15) is 0 Å². The molecule has 4 aromatic rings. The van der Waals surface area contributed by atoms with Crippen LogP contribution in [0.3, 0.4) is 0 Å². The van der Waals surface area contributed by atoms with Crippen molar-refractivity contribution in [1.82, 2.24) is 10.2 Å². The molecule has 218 valence electrons. The van der Waals surface area contributed by atoms with Gasteiger partial charge in [-0.15, -0.1) is 0 Å². The van der Waals surface area contributed by atoms with Gasteiger partial charge in [-0.3, -0.25) is 9.59 Å². The van der Waals surface area contributed by atoms with Crippen molar-refractivity contribution in [3.8, 4) is 16.9 Å². The zero-order chi connectivity index (χ0) is 30.2. The molecule has 11 heteroatoms. The molecule has 0 aliphatic heterocycles. The molecule has 4 rings (SSSR count). The number of methoxy groups -OCH3 is 1. The maximum absolute atomic E-state index is 13.8. The van der Waals surface area contributed by atoms with Crippen LogP contribution in [0.1, 0.15) is 20.7 Å². The van der Waals surface area contributed by atoms with Gasteiger partial charge in [-0.25, -0.2) is 13.5 Å². The first-order valence-corrected chi connectivity index (χ1v) is 14.1. The fourth-order valence-electron chi connectivity index (χ4n) is 4.13. The number of benzene rings is 4. The Bertz CT molecular complexity index is 1560. The molecule has 3 N–H and O–H groups in total. The average molecular weight is 593 g/mol. The molecular weight excluding hydrogens is 562 g/mol. The third-order valence-electron chi connectivity index (χ3n) is 6.22. The number of hydrogen-bond donors (Lipinski definition) is 3. The molecule has 8 nitrogen and oxygen atoms in total. The molecule has 42 heavy (non-hydrogen) atoms. The third kappa shape index (κ3) is 7.36. The summed E-state index contributed by atoms with van der Waals surface area (Å²) in [4.78, 5) is 26.5. The summed E-state index contributed by atoms with van der Waals surface area (Å²) < 4.78 is 49.4. The van der Waals surface area contributed by atoms with Gasteiger partial charge in [-0.05, 0) is 59.7 Å². The van der Waals surface area contributed by atoms with E-state index in [1.165, 1.54) is 18.1 Å². The average Bonchev–Trinajstić information content (AvgIpc) is 2.98. The highest BCUT2D eigenvalue weighted by Crippen LogP contribution is 2.32. The molecule has 1 atom stereocenters. The van der Waals surface area contributed by atoms with E-state index in [1.54, 1.807) is 68.7 Å². The number of ether oxygens (including phenoxy) is 1. The number of carbonyl (C=O) groups excluding carboxylic acids is 2. The Labute approximate surface area is 246 Å². The number of nitrogens with zero attached hydrogens (tertiary/aromatic N) is 1. The van der Waals surface area contributed by atoms with Gasteiger partial charge in [0, 0.05) is 44.5 Å². The lowest BCUT2D eigenvalue weighted by Gasteiger charge is -2.16. The molecular formula is C31H30F2N4O4S. The molecule has 0 aliphatic rings. The number of carbonyl (C=O) groups is 2. The predicted octanol–water partition coefficient (Wildman–Crippen LogP) is 5.32. The van der Waals surface area contributed by atoms with E-state index in [1.807, 2.05) is 12.1 Å². The van der Waals surface area contributed by atoms with Crippen LogP contribution >= 0.6 is 0 Å². The van der Waals surface area contributed by atoms with Gasteiger partial charge in [0.25, 0.3) is 11.8 Å². The van der Waals surface area contributed by atoms with Crippen LogP contribution in [0.15, 0.2) is 89.8 Å². The summed E-state index contributed by atoms with van der Waals surface area (Å²) in [5, 5.41) is 5.60. The Morgan fingerprint density at radius 2 is 1.52 bits per heavy atom. The zero-order valence-corrected chi connectivity index (χ0v) is 24.1. The van der Waals surface area contributed by atoms with Crippen LogP contribution in [0.25, 0.3) is 11.1 Å². The first kappa shape index (κ1) is 30.4. The van der Waals surface area contributed by atoms with E-state index in [-0.39, 0.29) is 19.0 Å². The summed E-state index contributed by atoms with van der Waals surface area (Å²) in [6.07, 6.45) is 0. The smallest absolute Gasteiger partial charge is 0.257 e. The van der Waals surface area contributed by atoms with E-state index >= 15 is 0 Å². The standard InChI is InChI=1S/C31H30F2N4O4S/c1-37(2)31(39)22-8-4-7-20(17-22)21-13-14-27(41-3)28(18-21)42(40)36-24-10-5-9-23(19-24)34-15-16-35-30(38)29-25(32)11-6-12-26(29)33/h4-14,17-19,34,36H,15-16H2,1-3H3,(H,35,38). The molecule has 0 saturated carbocycles. The molecule has 0 fully saturated rings. The van der Waals surface area contributed by atoms with Crippen molar-refractivity contribution < 1.29 is 27.7 Å². The highest BCUT2D eigenvalue weighted by Gasteiger charge is 2.21. The number of nitrogens with one attached hydrogen (secondary N) is 3. The summed E-state index contributed by atoms with van der Waals surface area (Å²) in [5.41, 5.74) is 2.70. The second kappa shape index (κ2) is 13.8. The van der Waals surface area contributed by atoms with E-state index in [2.05, 4.69) is 15.4 Å². The minimum Gasteiger partial charge on any atom is -0.588 e. The van der Waals surface area contributed by atoms with Crippen LogP contribution in [0.4, 0.5) is 20.2 Å². The topological polar surface area (TPSA) is 106 Å². The van der Waals surface area contributed by atoms with Gasteiger partial charge < -0.3 is 24.8 Å². The summed E-state index contributed by atoms with van der Waals surface area (Å²) in [5.74, 6) is -2.39. The second-order valence-corrected chi connectivity index (χ2v) is 10.6. The van der Waals surface area contributed by atoms with E-state index in [0.717, 1.165) is 23.3 Å². The Morgan fingerprint density at radius 1 is 0.857 bits per heavy atom. The van der Waals surface area contributed by atoms with Crippen LogP contribution < -0.4 is 20.1 Å². The number of anilines is 2. The van der Waals surface area contributed by atoms with Gasteiger partial charge >= 0.3 is 0 Å². The van der Waals surface area contributed by atoms with Crippen LogP contribution in [-0.2, 0) is 11.4 Å². The SMILES string of the molecule is COc1ccc(-c2cccc(C(=O)N(C)C)c2)cc1[S+]([O-])Nc1cccc(NCCNC(=O)c2c(F)cccc2F)c1. The molecule has 0 heterocycles. The molecule has 2 amide bonds. The monoisotopic (exact) mass is 592 g/mol. The van der Waals surface area contributed by atoms with Crippen molar-refractivity contribution >= 4 is 34.6 Å². The molecule has 0 radical (unpaired) electrons. The van der Waals surface area contributed by atoms with Crippen LogP contribution in [0.2, 0.25) is 0 Å². The third-order valence-corrected chi connectivity index (χ3v) is 7.35. The Morgan fingerprint density at radius 3 is 2.24 bits per heavy atom. The fraction of sp³-hybridized carbons (Fsp3) is 0.161. The highest BCUT2D eigenvalue weighted by molar-refractivity contribution is 7.92. The van der Waals surface area contributed by atoms with Crippen LogP contribution in [0, 0.1) is 11.6 Å². The second-order valence-electron chi connectivity index (χ2n) is 9.38. The number of rotatable bonds is 11. The molecule has 0 aliphatic carbocycles. The normalized spacial score (nSPS) is 11.4. The quantitative estimate of drug-likeness (QED) is 0.161. The number of amides is 2. The van der Waals surface area contributed by atoms with Gasteiger partial charge in [0.15, 0.2) is 5.75 Å². The Kier molecular flexibility index (Phi) is 10.00. The zero-order valence-electron chi connectivity index (χ0n) is 23.2. The van der Waals surface area contributed by atoms with E-state index < -0.39 is 34.5 Å². The number of halogens is 2. The van der Waals surface area contributed by atoms with Gasteiger partial charge in [-0.1, -0.05) is 30.3 Å². The van der Waals surface area contributed by atoms with Crippen LogP contribution in [-0.4, -0.2) is 55.6 Å². The summed E-state index contributed by atoms with van der Waals surface area (Å²) in [6.45, 7) is 0.390. The van der Waals surface area contributed by atoms with Crippen molar-refractivity contribution in [2.24, 2.45) is 0 Å². The van der Waals surface area contributed by atoms with E-state index in [4.69, 9.17) is 4.74 Å². The maximum Gasteiger partial charge on any atom is 0.257 e. The van der Waals surface area contributed by atoms with Gasteiger partial charge in [0.05, 0.1) is 12.8 Å². The largest absolute Gasteiger partial charge is 0.588 e. The first-order valence-electron chi connectivity index (χ1n) is 12.9. The predicted molar refractivity (Wildman–Crippen MR) is 160 cm³/mol. The highest BCUT2D eigenvalue weighted by atomic mass is 32.2. The van der Waals surface area contributed by atoms with Crippen molar-refractivity contribution in [1.29, 1.82) is 0 Å². The maximum atomic E-state index is 13.8. The minimum atomic E-state index is -1.70. The molecule has 1 unspecified atom stereocenters. The van der Waals surface area contributed by atoms with Crippen molar-refractivity contribution in [2.45, 2.75) is 4.90 Å². The molecule has 0 spiro atoms. The fourth-order valence-corrected chi connectivity index (χ4v) is 5.15. The Balaban J connectivity index is 1.41. The lowest BCUT2D eigenvalue weighted by Crippen LogP contribution is -2.30. The van der Waals surface area contributed by atoms with Gasteiger partial charge in [0.1, 0.15) is 28.6 Å².